The van der Waals surface area contributed by atoms with Gasteiger partial charge >= 0.3 is 0 Å². The van der Waals surface area contributed by atoms with E-state index in [4.69, 9.17) is 0 Å². The highest BCUT2D eigenvalue weighted by atomic mass is 32.2. The van der Waals surface area contributed by atoms with Crippen molar-refractivity contribution >= 4 is 19.9 Å². The summed E-state index contributed by atoms with van der Waals surface area (Å²) in [6.07, 6.45) is 2.95. The van der Waals surface area contributed by atoms with Gasteiger partial charge in [-0.15, -0.1) is 0 Å². The van der Waals surface area contributed by atoms with Gasteiger partial charge in [0.2, 0.25) is 10.0 Å². The van der Waals surface area contributed by atoms with Crippen molar-refractivity contribution in [2.45, 2.75) is 36.5 Å². The van der Waals surface area contributed by atoms with E-state index in [0.717, 1.165) is 25.9 Å². The Balaban J connectivity index is 1.95. The van der Waals surface area contributed by atoms with Gasteiger partial charge in [-0.2, -0.15) is 0 Å². The van der Waals surface area contributed by atoms with Gasteiger partial charge in [-0.25, -0.2) is 21.6 Å². The molecule has 1 heterocycles. The molecule has 0 bridgehead atoms. The monoisotopic (exact) mass is 388 g/mol. The summed E-state index contributed by atoms with van der Waals surface area (Å²) in [5.41, 5.74) is 0. The lowest BCUT2D eigenvalue weighted by atomic mass is 9.92. The number of hydrogen-bond donors (Lipinski definition) is 1. The molecule has 2 atom stereocenters. The number of rotatable bonds is 7. The highest BCUT2D eigenvalue weighted by Gasteiger charge is 2.24. The molecule has 1 N–H and O–H groups in total. The molecule has 0 amide bonds. The second-order valence-electron chi connectivity index (χ2n) is 7.18. The summed E-state index contributed by atoms with van der Waals surface area (Å²) in [6.45, 7) is 7.72. The number of nitrogens with zero attached hydrogens (tertiary/aromatic N) is 1. The van der Waals surface area contributed by atoms with Crippen LogP contribution in [0.3, 0.4) is 0 Å². The Morgan fingerprint density at radius 3 is 2.16 bits per heavy atom. The van der Waals surface area contributed by atoms with Gasteiger partial charge in [0.25, 0.3) is 0 Å². The van der Waals surface area contributed by atoms with E-state index >= 15 is 0 Å². The van der Waals surface area contributed by atoms with Crippen molar-refractivity contribution in [2.75, 3.05) is 32.4 Å². The van der Waals surface area contributed by atoms with Crippen molar-refractivity contribution < 1.29 is 16.8 Å². The maximum atomic E-state index is 12.5. The molecular weight excluding hydrogens is 360 g/mol. The first kappa shape index (κ1) is 20.4. The van der Waals surface area contributed by atoms with Gasteiger partial charge in [0.15, 0.2) is 9.84 Å². The standard InChI is InChI=1S/C17H28N2O4S2/c1-14-11-15(2)13-19(12-14)10-6-9-18-25(22,23)17-8-5-4-7-16(17)24(3,20)21/h4-5,7-8,14-15,18H,6,9-13H2,1-3H3. The van der Waals surface area contributed by atoms with Crippen molar-refractivity contribution in [3.05, 3.63) is 24.3 Å². The van der Waals surface area contributed by atoms with Crippen molar-refractivity contribution in [3.8, 4) is 0 Å². The molecule has 1 aromatic rings. The summed E-state index contributed by atoms with van der Waals surface area (Å²) in [4.78, 5) is 2.02. The maximum Gasteiger partial charge on any atom is 0.241 e. The lowest BCUT2D eigenvalue weighted by Gasteiger charge is -2.34. The van der Waals surface area contributed by atoms with Gasteiger partial charge in [0, 0.05) is 25.9 Å². The highest BCUT2D eigenvalue weighted by Crippen LogP contribution is 2.22. The molecule has 0 saturated carbocycles. The number of nitrogens with one attached hydrogen (secondary N) is 1. The molecular formula is C17H28N2O4S2. The van der Waals surface area contributed by atoms with Crippen LogP contribution in [0.15, 0.2) is 34.1 Å². The van der Waals surface area contributed by atoms with Crippen LogP contribution in [0, 0.1) is 11.8 Å². The van der Waals surface area contributed by atoms with Gasteiger partial charge in [-0.3, -0.25) is 0 Å². The quantitative estimate of drug-likeness (QED) is 0.719. The summed E-state index contributed by atoms with van der Waals surface area (Å²) < 4.78 is 51.1. The van der Waals surface area contributed by atoms with Crippen LogP contribution in [0.25, 0.3) is 0 Å². The van der Waals surface area contributed by atoms with E-state index in [1.54, 1.807) is 0 Å². The number of sulfone groups is 1. The van der Waals surface area contributed by atoms with Crippen LogP contribution in [0.1, 0.15) is 26.7 Å². The molecule has 142 valence electrons. The molecule has 2 rings (SSSR count). The van der Waals surface area contributed by atoms with E-state index in [-0.39, 0.29) is 9.79 Å². The normalized spacial score (nSPS) is 22.8. The molecule has 0 radical (unpaired) electrons. The molecule has 8 heteroatoms. The molecule has 1 fully saturated rings. The Hall–Kier alpha value is -0.960. The largest absolute Gasteiger partial charge is 0.303 e. The first-order valence-electron chi connectivity index (χ1n) is 8.60. The third-order valence-electron chi connectivity index (χ3n) is 4.43. The number of piperidine rings is 1. The third kappa shape index (κ3) is 5.77. The SMILES string of the molecule is CC1CC(C)CN(CCCNS(=O)(=O)c2ccccc2S(C)(=O)=O)C1. The fraction of sp³-hybridized carbons (Fsp3) is 0.647. The average molecular weight is 389 g/mol. The van der Waals surface area contributed by atoms with Crippen molar-refractivity contribution in [1.29, 1.82) is 0 Å². The topological polar surface area (TPSA) is 83.6 Å². The smallest absolute Gasteiger partial charge is 0.241 e. The second-order valence-corrected chi connectivity index (χ2v) is 10.9. The zero-order valence-corrected chi connectivity index (χ0v) is 16.7. The molecule has 0 aliphatic carbocycles. The van der Waals surface area contributed by atoms with E-state index in [9.17, 15) is 16.8 Å². The fourth-order valence-electron chi connectivity index (χ4n) is 3.54. The van der Waals surface area contributed by atoms with Gasteiger partial charge in [-0.05, 0) is 43.4 Å². The van der Waals surface area contributed by atoms with Crippen LogP contribution in [-0.4, -0.2) is 54.2 Å². The Labute approximate surface area is 151 Å². The molecule has 0 spiro atoms. The zero-order valence-electron chi connectivity index (χ0n) is 15.1. The van der Waals surface area contributed by atoms with Crippen molar-refractivity contribution in [1.82, 2.24) is 9.62 Å². The molecule has 1 aliphatic heterocycles. The first-order chi connectivity index (χ1) is 11.6. The van der Waals surface area contributed by atoms with Crippen LogP contribution >= 0.6 is 0 Å². The Morgan fingerprint density at radius 1 is 1.04 bits per heavy atom. The van der Waals surface area contributed by atoms with E-state index in [2.05, 4.69) is 23.5 Å². The number of benzene rings is 1. The Morgan fingerprint density at radius 2 is 1.60 bits per heavy atom. The Kier molecular flexibility index (Phi) is 6.64. The van der Waals surface area contributed by atoms with Gasteiger partial charge in [0.05, 0.1) is 4.90 Å². The minimum absolute atomic E-state index is 0.166. The van der Waals surface area contributed by atoms with Crippen LogP contribution in [0.4, 0.5) is 0 Å². The maximum absolute atomic E-state index is 12.5. The second kappa shape index (κ2) is 8.16. The van der Waals surface area contributed by atoms with Crippen LogP contribution < -0.4 is 4.72 Å². The molecule has 0 aromatic heterocycles. The van der Waals surface area contributed by atoms with Crippen LogP contribution in [0.2, 0.25) is 0 Å². The minimum atomic E-state index is -3.85. The zero-order chi connectivity index (χ0) is 18.7. The summed E-state index contributed by atoms with van der Waals surface area (Å²) in [6, 6.07) is 5.70. The fourth-order valence-corrected chi connectivity index (χ4v) is 6.24. The van der Waals surface area contributed by atoms with E-state index < -0.39 is 19.9 Å². The van der Waals surface area contributed by atoms with E-state index in [1.807, 2.05) is 0 Å². The first-order valence-corrected chi connectivity index (χ1v) is 12.0. The predicted molar refractivity (Wildman–Crippen MR) is 98.7 cm³/mol. The number of sulfonamides is 1. The lowest BCUT2D eigenvalue weighted by Crippen LogP contribution is -2.40. The average Bonchev–Trinajstić information content (AvgIpc) is 2.50. The molecule has 6 nitrogen and oxygen atoms in total. The predicted octanol–water partition coefficient (Wildman–Crippen LogP) is 1.74. The lowest BCUT2D eigenvalue weighted by molar-refractivity contribution is 0.140. The number of likely N-dealkylation sites (tertiary alicyclic amines) is 1. The van der Waals surface area contributed by atoms with E-state index in [0.29, 0.717) is 24.8 Å². The third-order valence-corrected chi connectivity index (χ3v) is 7.23. The summed E-state index contributed by atoms with van der Waals surface area (Å²) >= 11 is 0. The van der Waals surface area contributed by atoms with E-state index in [1.165, 1.54) is 30.7 Å². The summed E-state index contributed by atoms with van der Waals surface area (Å²) in [7, 11) is -7.45. The van der Waals surface area contributed by atoms with Crippen LogP contribution in [-0.2, 0) is 19.9 Å². The molecule has 1 aliphatic rings. The Bertz CT molecular complexity index is 781. The van der Waals surface area contributed by atoms with Crippen molar-refractivity contribution in [2.24, 2.45) is 11.8 Å². The molecule has 1 aromatic carbocycles. The van der Waals surface area contributed by atoms with Crippen LogP contribution in [0.5, 0.6) is 0 Å². The van der Waals surface area contributed by atoms with Gasteiger partial charge in [-0.1, -0.05) is 26.0 Å². The van der Waals surface area contributed by atoms with Crippen molar-refractivity contribution in [3.63, 3.8) is 0 Å². The molecule has 25 heavy (non-hydrogen) atoms. The minimum Gasteiger partial charge on any atom is -0.303 e. The summed E-state index contributed by atoms with van der Waals surface area (Å²) in [5, 5.41) is 0. The van der Waals surface area contributed by atoms with Gasteiger partial charge < -0.3 is 4.90 Å². The summed E-state index contributed by atoms with van der Waals surface area (Å²) in [5.74, 6) is 1.34. The van der Waals surface area contributed by atoms with Gasteiger partial charge in [0.1, 0.15) is 4.90 Å². The molecule has 2 unspecified atom stereocenters. The molecule has 1 saturated heterocycles. The number of hydrogen-bond acceptors (Lipinski definition) is 5. The highest BCUT2D eigenvalue weighted by molar-refractivity contribution is 7.93.